The van der Waals surface area contributed by atoms with Gasteiger partial charge in [-0.25, -0.2) is 13.2 Å². The summed E-state index contributed by atoms with van der Waals surface area (Å²) in [6.07, 6.45) is -4.51. The molecule has 0 saturated carbocycles. The van der Waals surface area contributed by atoms with Crippen LogP contribution in [0.5, 0.6) is 0 Å². The minimum absolute atomic E-state index is 0.449. The van der Waals surface area contributed by atoms with E-state index >= 15 is 0 Å². The van der Waals surface area contributed by atoms with Crippen LogP contribution in [0.25, 0.3) is 0 Å². The fraction of sp³-hybridized carbons (Fsp3) is 0.250. The molecule has 1 nitrogen and oxygen atoms in total. The molecule has 1 rings (SSSR count). The Kier molecular flexibility index (Phi) is 3.11. The second-order valence-electron chi connectivity index (χ2n) is 2.72. The lowest BCUT2D eigenvalue weighted by atomic mass is 10.3. The normalized spacial score (nSPS) is 11.6. The Hall–Kier alpha value is -1.40. The first-order chi connectivity index (χ1) is 6.79. The van der Waals surface area contributed by atoms with Crippen molar-refractivity contribution in [1.82, 2.24) is 0 Å². The quantitative estimate of drug-likeness (QED) is 0.607. The van der Waals surface area contributed by atoms with Gasteiger partial charge in [-0.1, -0.05) is 0 Å². The van der Waals surface area contributed by atoms with Crippen LogP contribution in [0, 0.1) is 17.5 Å². The second kappa shape index (κ2) is 4.00. The third kappa shape index (κ3) is 3.34. The highest BCUT2D eigenvalue weighted by atomic mass is 19.4. The first-order valence-corrected chi connectivity index (χ1v) is 3.75. The Morgan fingerprint density at radius 2 is 1.47 bits per heavy atom. The highest BCUT2D eigenvalue weighted by molar-refractivity contribution is 5.44. The lowest BCUT2D eigenvalue weighted by molar-refractivity contribution is -0.115. The standard InChI is InChI=1S/C8H5F6N/c9-5-1-4(2-6(10)7(5)11)15-3-8(12,13)14/h1-2,15H,3H2. The summed E-state index contributed by atoms with van der Waals surface area (Å²) < 4.78 is 72.5. The fourth-order valence-corrected chi connectivity index (χ4v) is 0.860. The predicted molar refractivity (Wildman–Crippen MR) is 40.9 cm³/mol. The molecular formula is C8H5F6N. The molecule has 84 valence electrons. The van der Waals surface area contributed by atoms with Crippen molar-refractivity contribution in [3.63, 3.8) is 0 Å². The van der Waals surface area contributed by atoms with Crippen molar-refractivity contribution < 1.29 is 26.3 Å². The van der Waals surface area contributed by atoms with E-state index < -0.39 is 35.9 Å². The summed E-state index contributed by atoms with van der Waals surface area (Å²) in [4.78, 5) is 0. The van der Waals surface area contributed by atoms with E-state index in [2.05, 4.69) is 0 Å². The number of rotatable bonds is 2. The van der Waals surface area contributed by atoms with E-state index in [1.807, 2.05) is 0 Å². The van der Waals surface area contributed by atoms with E-state index in [0.717, 1.165) is 0 Å². The summed E-state index contributed by atoms with van der Waals surface area (Å²) in [6.45, 7) is -1.45. The molecule has 0 saturated heterocycles. The van der Waals surface area contributed by atoms with Crippen molar-refractivity contribution in [3.8, 4) is 0 Å². The summed E-state index contributed by atoms with van der Waals surface area (Å²) in [7, 11) is 0. The summed E-state index contributed by atoms with van der Waals surface area (Å²) in [5.74, 6) is -4.80. The minimum Gasteiger partial charge on any atom is -0.376 e. The van der Waals surface area contributed by atoms with Crippen LogP contribution in [0.2, 0.25) is 0 Å². The second-order valence-corrected chi connectivity index (χ2v) is 2.72. The number of alkyl halides is 3. The summed E-state index contributed by atoms with van der Waals surface area (Å²) in [6, 6.07) is 0.897. The molecule has 0 fully saturated rings. The van der Waals surface area contributed by atoms with Gasteiger partial charge in [-0.3, -0.25) is 0 Å². The molecule has 1 aromatic rings. The lowest BCUT2D eigenvalue weighted by Crippen LogP contribution is -2.21. The van der Waals surface area contributed by atoms with Gasteiger partial charge in [0.1, 0.15) is 6.54 Å². The summed E-state index contributed by atoms with van der Waals surface area (Å²) >= 11 is 0. The Labute approximate surface area is 80.7 Å². The highest BCUT2D eigenvalue weighted by Crippen LogP contribution is 2.20. The summed E-state index contributed by atoms with van der Waals surface area (Å²) in [5, 5.41) is 1.72. The van der Waals surface area contributed by atoms with Gasteiger partial charge in [0.2, 0.25) is 0 Å². The van der Waals surface area contributed by atoms with Crippen molar-refractivity contribution in [1.29, 1.82) is 0 Å². The Bertz CT molecular complexity index is 336. The van der Waals surface area contributed by atoms with Gasteiger partial charge in [0.25, 0.3) is 0 Å². The number of anilines is 1. The van der Waals surface area contributed by atoms with Gasteiger partial charge in [0.05, 0.1) is 0 Å². The Morgan fingerprint density at radius 1 is 1.00 bits per heavy atom. The monoisotopic (exact) mass is 229 g/mol. The third-order valence-electron chi connectivity index (χ3n) is 1.48. The van der Waals surface area contributed by atoms with Gasteiger partial charge >= 0.3 is 6.18 Å². The molecule has 15 heavy (non-hydrogen) atoms. The highest BCUT2D eigenvalue weighted by Gasteiger charge is 2.26. The maximum atomic E-state index is 12.5. The van der Waals surface area contributed by atoms with Crippen LogP contribution < -0.4 is 5.32 Å². The molecule has 0 aliphatic heterocycles. The molecule has 7 heteroatoms. The molecule has 1 N–H and O–H groups in total. The first-order valence-electron chi connectivity index (χ1n) is 3.75. The number of nitrogens with one attached hydrogen (secondary N) is 1. The number of benzene rings is 1. The maximum absolute atomic E-state index is 12.5. The lowest BCUT2D eigenvalue weighted by Gasteiger charge is -2.09. The van der Waals surface area contributed by atoms with Gasteiger partial charge < -0.3 is 5.32 Å². The smallest absolute Gasteiger partial charge is 0.376 e. The summed E-state index contributed by atoms with van der Waals surface area (Å²) in [5.41, 5.74) is -0.469. The molecule has 0 amide bonds. The van der Waals surface area contributed by atoms with E-state index in [1.165, 1.54) is 0 Å². The van der Waals surface area contributed by atoms with E-state index in [1.54, 1.807) is 5.32 Å². The SMILES string of the molecule is Fc1cc(NCC(F)(F)F)cc(F)c1F. The largest absolute Gasteiger partial charge is 0.405 e. The zero-order chi connectivity index (χ0) is 11.6. The zero-order valence-electron chi connectivity index (χ0n) is 7.13. The van der Waals surface area contributed by atoms with E-state index in [0.29, 0.717) is 12.1 Å². The van der Waals surface area contributed by atoms with Crippen LogP contribution in [-0.2, 0) is 0 Å². The number of halogens is 6. The fourth-order valence-electron chi connectivity index (χ4n) is 0.860. The van der Waals surface area contributed by atoms with Crippen LogP contribution in [0.1, 0.15) is 0 Å². The maximum Gasteiger partial charge on any atom is 0.405 e. The van der Waals surface area contributed by atoms with Gasteiger partial charge in [0, 0.05) is 17.8 Å². The Morgan fingerprint density at radius 3 is 1.87 bits per heavy atom. The van der Waals surface area contributed by atoms with Crippen LogP contribution >= 0.6 is 0 Å². The van der Waals surface area contributed by atoms with Crippen LogP contribution in [0.4, 0.5) is 32.0 Å². The molecule has 0 unspecified atom stereocenters. The minimum atomic E-state index is -4.51. The van der Waals surface area contributed by atoms with Crippen LogP contribution in [-0.4, -0.2) is 12.7 Å². The molecular weight excluding hydrogens is 224 g/mol. The molecule has 0 atom stereocenters. The molecule has 0 spiro atoms. The molecule has 0 aromatic heterocycles. The first kappa shape index (κ1) is 11.7. The van der Waals surface area contributed by atoms with Gasteiger partial charge in [0.15, 0.2) is 17.5 Å². The third-order valence-corrected chi connectivity index (χ3v) is 1.48. The van der Waals surface area contributed by atoms with Gasteiger partial charge in [-0.2, -0.15) is 13.2 Å². The molecule has 0 bridgehead atoms. The average Bonchev–Trinajstić information content (AvgIpc) is 2.09. The average molecular weight is 229 g/mol. The van der Waals surface area contributed by atoms with Crippen LogP contribution in [0.15, 0.2) is 12.1 Å². The van der Waals surface area contributed by atoms with E-state index in [-0.39, 0.29) is 0 Å². The van der Waals surface area contributed by atoms with Gasteiger partial charge in [-0.15, -0.1) is 0 Å². The van der Waals surface area contributed by atoms with Crippen molar-refractivity contribution in [3.05, 3.63) is 29.6 Å². The molecule has 0 radical (unpaired) electrons. The predicted octanol–water partition coefficient (Wildman–Crippen LogP) is 3.08. The topological polar surface area (TPSA) is 12.0 Å². The molecule has 0 aliphatic rings. The van der Waals surface area contributed by atoms with Crippen molar-refractivity contribution in [2.24, 2.45) is 0 Å². The van der Waals surface area contributed by atoms with Crippen molar-refractivity contribution in [2.75, 3.05) is 11.9 Å². The van der Waals surface area contributed by atoms with E-state index in [9.17, 15) is 26.3 Å². The van der Waals surface area contributed by atoms with E-state index in [4.69, 9.17) is 0 Å². The van der Waals surface area contributed by atoms with Crippen molar-refractivity contribution >= 4 is 5.69 Å². The number of hydrogen-bond acceptors (Lipinski definition) is 1. The van der Waals surface area contributed by atoms with Crippen LogP contribution in [0.3, 0.4) is 0 Å². The Balaban J connectivity index is 2.80. The van der Waals surface area contributed by atoms with Gasteiger partial charge in [-0.05, 0) is 0 Å². The number of hydrogen-bond donors (Lipinski definition) is 1. The van der Waals surface area contributed by atoms with Crippen molar-refractivity contribution in [2.45, 2.75) is 6.18 Å². The zero-order valence-corrected chi connectivity index (χ0v) is 7.13. The molecule has 1 aromatic carbocycles. The molecule has 0 aliphatic carbocycles. The molecule has 0 heterocycles.